The third-order valence-electron chi connectivity index (χ3n) is 16.7. The van der Waals surface area contributed by atoms with Gasteiger partial charge in [0.25, 0.3) is 0 Å². The molecule has 0 unspecified atom stereocenters. The molecule has 7 aromatic carbocycles. The van der Waals surface area contributed by atoms with Crippen molar-refractivity contribution in [1.29, 1.82) is 0 Å². The molecule has 0 aliphatic carbocycles. The second kappa shape index (κ2) is 21.2. The van der Waals surface area contributed by atoms with Crippen LogP contribution >= 0.6 is 0 Å². The molecule has 15 heteroatoms. The Hall–Kier alpha value is -8.72. The summed E-state index contributed by atoms with van der Waals surface area (Å²) >= 11 is 0. The van der Waals surface area contributed by atoms with Crippen LogP contribution < -0.4 is 0 Å². The van der Waals surface area contributed by atoms with E-state index in [4.69, 9.17) is 20.4 Å². The molecule has 4 aromatic heterocycles. The van der Waals surface area contributed by atoms with Gasteiger partial charge in [0.1, 0.15) is 72.8 Å². The number of phenols is 3. The molecule has 0 fully saturated rings. The first-order valence-corrected chi connectivity index (χ1v) is 28.6. The van der Waals surface area contributed by atoms with Crippen molar-refractivity contribution in [2.45, 2.75) is 146 Å². The third kappa shape index (κ3) is 10.6. The van der Waals surface area contributed by atoms with Gasteiger partial charge >= 0.3 is 0 Å². The molecule has 0 radical (unpaired) electrons. The van der Waals surface area contributed by atoms with Gasteiger partial charge in [0.05, 0.1) is 5.41 Å². The van der Waals surface area contributed by atoms with Crippen LogP contribution in [0.15, 0.2) is 121 Å². The number of nitrogens with zero attached hydrogens (tertiary/aromatic N) is 10. The first-order chi connectivity index (χ1) is 39.1. The van der Waals surface area contributed by atoms with Gasteiger partial charge in [0.2, 0.25) is 0 Å². The Morgan fingerprint density at radius 3 is 1.22 bits per heavy atom. The van der Waals surface area contributed by atoms with Crippen LogP contribution in [0.25, 0.3) is 55.5 Å². The predicted molar refractivity (Wildman–Crippen MR) is 332 cm³/mol. The molecule has 11 aromatic rings. The summed E-state index contributed by atoms with van der Waals surface area (Å²) in [6, 6.07) is 35.5. The van der Waals surface area contributed by atoms with Gasteiger partial charge in [0, 0.05) is 34.2 Å². The minimum atomic E-state index is -0.946. The van der Waals surface area contributed by atoms with Crippen molar-refractivity contribution in [2.24, 2.45) is 10.8 Å². The number of allylic oxidation sites excluding steroid dienone is 1. The zero-order valence-corrected chi connectivity index (χ0v) is 50.7. The number of H-pyrrole nitrogens is 2. The number of aromatic hydroxyl groups is 3. The largest absolute Gasteiger partial charge is 0.507 e. The molecule has 0 amide bonds. The number of benzene rings is 7. The zero-order chi connectivity index (χ0) is 59.7. The van der Waals surface area contributed by atoms with Gasteiger partial charge in [-0.15, -0.1) is 30.0 Å². The molecule has 11 rings (SSSR count). The summed E-state index contributed by atoms with van der Waals surface area (Å²) in [6.07, 6.45) is 2.79. The Kier molecular flexibility index (Phi) is 14.7. The average molecular weight is 1110 g/mol. The van der Waals surface area contributed by atoms with Crippen molar-refractivity contribution in [3.05, 3.63) is 183 Å². The quantitative estimate of drug-likeness (QED) is 0.0542. The topological polar surface area (TPSA) is 205 Å². The van der Waals surface area contributed by atoms with Gasteiger partial charge in [-0.2, -0.15) is 30.8 Å². The number of aromatic amines is 2. The van der Waals surface area contributed by atoms with E-state index in [1.807, 2.05) is 111 Å². The Morgan fingerprint density at radius 2 is 0.843 bits per heavy atom. The molecule has 0 aliphatic rings. The van der Waals surface area contributed by atoms with E-state index < -0.39 is 5.41 Å². The van der Waals surface area contributed by atoms with Crippen molar-refractivity contribution in [3.63, 3.8) is 0 Å². The van der Waals surface area contributed by atoms with Crippen molar-refractivity contribution in [1.82, 2.24) is 60.8 Å². The number of para-hydroxylation sites is 2. The maximum Gasteiger partial charge on any atom is 0.146 e. The molecule has 0 saturated heterocycles. The SMILES string of the molecule is C=C(CC)C(c1c(C)c(C)c(C)c(C)c1O)(c1cccc2n[nH]nc12)c1cccc2n[nH]nc12.CC(C)(C)CC(C)(C)c1cc(Cc2cc(C(C)(C)CC(C)(C)C)cc(-n3nc4ccccc4n3)c2O)c(O)c(-n2nc3ccccc3n2)c1. The summed E-state index contributed by atoms with van der Waals surface area (Å²) in [4.78, 5) is 3.07. The Labute approximate surface area is 485 Å². The Bertz CT molecular complexity index is 3950. The van der Waals surface area contributed by atoms with E-state index >= 15 is 0 Å². The summed E-state index contributed by atoms with van der Waals surface area (Å²) in [6.45, 7) is 37.3. The number of hydrogen-bond acceptors (Lipinski definition) is 11. The monoisotopic (exact) mass is 1110 g/mol. The van der Waals surface area contributed by atoms with E-state index in [0.29, 0.717) is 28.9 Å². The van der Waals surface area contributed by atoms with E-state index in [-0.39, 0.29) is 45.3 Å². The van der Waals surface area contributed by atoms with Gasteiger partial charge in [-0.05, 0) is 151 Å². The number of phenolic OH excluding ortho intramolecular Hbond substituents is 3. The fraction of sp³-hybridized carbons (Fsp3) is 0.353. The van der Waals surface area contributed by atoms with E-state index in [1.54, 1.807) is 0 Å². The summed E-state index contributed by atoms with van der Waals surface area (Å²) in [5.41, 5.74) is 16.8. The van der Waals surface area contributed by atoms with Crippen molar-refractivity contribution < 1.29 is 15.3 Å². The summed E-state index contributed by atoms with van der Waals surface area (Å²) in [5, 5.41) is 78.1. The highest BCUT2D eigenvalue weighted by atomic mass is 16.3. The third-order valence-corrected chi connectivity index (χ3v) is 16.7. The van der Waals surface area contributed by atoms with Gasteiger partial charge in [-0.1, -0.05) is 149 Å². The van der Waals surface area contributed by atoms with Crippen LogP contribution in [0.1, 0.15) is 157 Å². The highest BCUT2D eigenvalue weighted by Gasteiger charge is 2.46. The van der Waals surface area contributed by atoms with Crippen molar-refractivity contribution >= 4 is 44.1 Å². The molecule has 0 bridgehead atoms. The molecule has 83 heavy (non-hydrogen) atoms. The van der Waals surface area contributed by atoms with Crippen LogP contribution in [0.5, 0.6) is 17.2 Å². The second-order valence-electron chi connectivity index (χ2n) is 26.3. The molecule has 5 N–H and O–H groups in total. The van der Waals surface area contributed by atoms with Crippen LogP contribution in [0.2, 0.25) is 0 Å². The molecule has 15 nitrogen and oxygen atoms in total. The highest BCUT2D eigenvalue weighted by molar-refractivity contribution is 5.89. The maximum atomic E-state index is 12.0. The van der Waals surface area contributed by atoms with Crippen LogP contribution in [0.4, 0.5) is 0 Å². The molecule has 0 atom stereocenters. The van der Waals surface area contributed by atoms with E-state index in [9.17, 15) is 15.3 Å². The van der Waals surface area contributed by atoms with Gasteiger partial charge in [-0.25, -0.2) is 0 Å². The first kappa shape index (κ1) is 57.5. The van der Waals surface area contributed by atoms with Gasteiger partial charge in [-0.3, -0.25) is 0 Å². The lowest BCUT2D eigenvalue weighted by Gasteiger charge is -2.40. The van der Waals surface area contributed by atoms with E-state index in [1.165, 1.54) is 9.59 Å². The maximum absolute atomic E-state index is 12.0. The smallest absolute Gasteiger partial charge is 0.146 e. The Morgan fingerprint density at radius 1 is 0.470 bits per heavy atom. The molecule has 0 aliphatic heterocycles. The predicted octanol–water partition coefficient (Wildman–Crippen LogP) is 15.1. The van der Waals surface area contributed by atoms with Crippen molar-refractivity contribution in [2.75, 3.05) is 0 Å². The number of rotatable bonds is 13. The Balaban J connectivity index is 0.000000198. The van der Waals surface area contributed by atoms with Crippen LogP contribution in [0, 0.1) is 38.5 Å². The summed E-state index contributed by atoms with van der Waals surface area (Å²) < 4.78 is 0. The van der Waals surface area contributed by atoms with Crippen LogP contribution in [-0.4, -0.2) is 76.1 Å². The van der Waals surface area contributed by atoms with E-state index in [0.717, 1.165) is 113 Å². The molecular weight excluding hydrogens is 1030 g/mol. The van der Waals surface area contributed by atoms with Crippen LogP contribution in [0.3, 0.4) is 0 Å². The fourth-order valence-electron chi connectivity index (χ4n) is 13.0. The average Bonchev–Trinajstić information content (AvgIpc) is 2.49. The van der Waals surface area contributed by atoms with E-state index in [2.05, 4.69) is 140 Å². The number of hydrogen-bond donors (Lipinski definition) is 5. The first-order valence-electron chi connectivity index (χ1n) is 28.6. The number of fused-ring (bicyclic) bond motifs is 4. The zero-order valence-electron chi connectivity index (χ0n) is 50.7. The lowest BCUT2D eigenvalue weighted by atomic mass is 9.61. The molecule has 4 heterocycles. The van der Waals surface area contributed by atoms with Gasteiger partial charge in [0.15, 0.2) is 0 Å². The van der Waals surface area contributed by atoms with Crippen molar-refractivity contribution in [3.8, 4) is 28.6 Å². The normalized spacial score (nSPS) is 12.7. The summed E-state index contributed by atoms with van der Waals surface area (Å²) in [5.74, 6) is 0.425. The number of aromatic nitrogens is 12. The standard InChI is InChI=1S/C41H50N6O2.C27H28N6O/c1-38(2,3)24-40(7,8)28-20-26(36(48)34(22-28)46-42-30-15-11-12-16-31(30)43-46)19-27-21-29(41(9,10)25-39(4,5)6)23-35(37(27)49)47-44-32-17-13-14-18-33(32)45-47;1-7-14(2)27(19-10-8-12-21-24(19)30-32-28-21,20-11-9-13-22-25(20)31-33-29-22)23-17(5)15(3)16(4)18(6)26(23)34/h11-18,20-23,48-49H,19,24-25H2,1-10H3;8-13,34H,2,7H2,1,3-6H3,(H,28,30,32)(H,29,31,33). The van der Waals surface area contributed by atoms with Gasteiger partial charge < -0.3 is 15.3 Å². The van der Waals surface area contributed by atoms with Crippen LogP contribution in [-0.2, 0) is 22.7 Å². The minimum Gasteiger partial charge on any atom is -0.507 e. The minimum absolute atomic E-state index is 0.0702. The molecular formula is C68H78N12O3. The molecule has 428 valence electrons. The molecule has 0 spiro atoms. The molecule has 0 saturated carbocycles. The second-order valence-corrected chi connectivity index (χ2v) is 26.3. The summed E-state index contributed by atoms with van der Waals surface area (Å²) in [7, 11) is 0. The number of nitrogens with one attached hydrogen (secondary N) is 2. The highest BCUT2D eigenvalue weighted by Crippen LogP contribution is 2.54. The lowest BCUT2D eigenvalue weighted by Crippen LogP contribution is -2.34. The lowest BCUT2D eigenvalue weighted by molar-refractivity contribution is 0.283. The fourth-order valence-corrected chi connectivity index (χ4v) is 13.0.